The molecule has 0 spiro atoms. The van der Waals surface area contributed by atoms with Crippen LogP contribution in [0.25, 0.3) is 65.0 Å². The summed E-state index contributed by atoms with van der Waals surface area (Å²) in [4.78, 5) is 2.44. The number of para-hydroxylation sites is 1. The highest BCUT2D eigenvalue weighted by Crippen LogP contribution is 2.56. The minimum absolute atomic E-state index is 0.181. The Morgan fingerprint density at radius 2 is 1.07 bits per heavy atom. The molecule has 59 heavy (non-hydrogen) atoms. The van der Waals surface area contributed by atoms with E-state index >= 15 is 0 Å². The van der Waals surface area contributed by atoms with E-state index in [1.807, 2.05) is 23.5 Å². The number of hydrogen-bond acceptors (Lipinski definition) is 4. The van der Waals surface area contributed by atoms with Gasteiger partial charge in [0, 0.05) is 43.2 Å². The maximum Gasteiger partial charge on any atom is 0.135 e. The molecule has 3 nitrogen and oxygen atoms in total. The van der Waals surface area contributed by atoms with Gasteiger partial charge >= 0.3 is 0 Å². The van der Waals surface area contributed by atoms with Gasteiger partial charge in [-0.15, -0.1) is 11.3 Å². The lowest BCUT2D eigenvalue weighted by atomic mass is 9.89. The first kappa shape index (κ1) is 33.7. The number of anilines is 3. The summed E-state index contributed by atoms with van der Waals surface area (Å²) in [5.74, 6) is 2.41. The lowest BCUT2D eigenvalue weighted by Crippen LogP contribution is -2.13. The zero-order chi connectivity index (χ0) is 38.9. The Bertz CT molecular complexity index is 3280. The number of ether oxygens (including phenoxy) is 1. The van der Waals surface area contributed by atoms with Gasteiger partial charge in [-0.3, -0.25) is 0 Å². The van der Waals surface area contributed by atoms with Crippen molar-refractivity contribution in [3.05, 3.63) is 228 Å². The molecule has 278 valence electrons. The summed E-state index contributed by atoms with van der Waals surface area (Å²) in [6, 6.07) is 69.3. The summed E-state index contributed by atoms with van der Waals surface area (Å²) in [5, 5.41) is 3.60. The molecule has 10 aromatic rings. The Kier molecular flexibility index (Phi) is 7.78. The van der Waals surface area contributed by atoms with Gasteiger partial charge in [0.25, 0.3) is 0 Å². The molecule has 0 fully saturated rings. The number of fused-ring (bicyclic) bond motifs is 9. The van der Waals surface area contributed by atoms with Crippen LogP contribution < -0.4 is 9.64 Å². The zero-order valence-electron chi connectivity index (χ0n) is 31.9. The number of hydrogen-bond donors (Lipinski definition) is 0. The fourth-order valence-electron chi connectivity index (χ4n) is 9.08. The largest absolute Gasteiger partial charge is 0.460 e. The molecule has 0 saturated carbocycles. The Morgan fingerprint density at radius 3 is 1.83 bits per heavy atom. The van der Waals surface area contributed by atoms with Gasteiger partial charge in [-0.2, -0.15) is 0 Å². The molecule has 0 bridgehead atoms. The van der Waals surface area contributed by atoms with Crippen molar-refractivity contribution in [3.63, 3.8) is 0 Å². The smallest absolute Gasteiger partial charge is 0.135 e. The van der Waals surface area contributed by atoms with E-state index in [1.54, 1.807) is 0 Å². The van der Waals surface area contributed by atoms with Gasteiger partial charge in [-0.05, 0) is 76.4 Å². The summed E-state index contributed by atoms with van der Waals surface area (Å²) in [6.45, 7) is 0. The zero-order valence-corrected chi connectivity index (χ0v) is 32.7. The highest BCUT2D eigenvalue weighted by atomic mass is 32.1. The van der Waals surface area contributed by atoms with Crippen LogP contribution in [0.3, 0.4) is 0 Å². The first-order chi connectivity index (χ1) is 29.3. The maximum atomic E-state index is 7.19. The van der Waals surface area contributed by atoms with Crippen LogP contribution in [0.2, 0.25) is 0 Å². The fourth-order valence-corrected chi connectivity index (χ4v) is 10.3. The summed E-state index contributed by atoms with van der Waals surface area (Å²) in [7, 11) is 0. The van der Waals surface area contributed by atoms with Crippen molar-refractivity contribution in [2.75, 3.05) is 4.90 Å². The van der Waals surface area contributed by atoms with Crippen LogP contribution in [-0.4, -0.2) is 0 Å². The molecule has 1 aliphatic carbocycles. The number of furan rings is 1. The number of allylic oxidation sites excluding steroid dienone is 1. The molecule has 0 saturated heterocycles. The first-order valence-corrected chi connectivity index (χ1v) is 20.9. The van der Waals surface area contributed by atoms with E-state index in [9.17, 15) is 0 Å². The van der Waals surface area contributed by atoms with Gasteiger partial charge in [0.15, 0.2) is 0 Å². The van der Waals surface area contributed by atoms with Crippen molar-refractivity contribution in [2.45, 2.75) is 5.92 Å². The predicted molar refractivity (Wildman–Crippen MR) is 246 cm³/mol. The van der Waals surface area contributed by atoms with E-state index in [4.69, 9.17) is 9.15 Å². The topological polar surface area (TPSA) is 25.6 Å². The standard InChI is InChI=1S/C55H35NO2S/c1-3-13-35(14-4-1)37-25-27-39(28-26-37)51-53-43-18-7-9-22-47(43)57-49(53)34-33-44-52-45(20-12-23-48(52)58-54(44)51)56(40-31-29-38(30-32-40)36-15-5-2-6-16-36)46-21-11-19-42-41-17-8-10-24-50(41)59-55(42)46/h1-34,44H. The molecular weight excluding hydrogens is 739 g/mol. The predicted octanol–water partition coefficient (Wildman–Crippen LogP) is 15.6. The third kappa shape index (κ3) is 5.49. The van der Waals surface area contributed by atoms with E-state index in [-0.39, 0.29) is 5.92 Å². The van der Waals surface area contributed by atoms with Crippen LogP contribution in [-0.2, 0) is 0 Å². The molecule has 1 aliphatic heterocycles. The van der Waals surface area contributed by atoms with Crippen molar-refractivity contribution >= 4 is 71.2 Å². The van der Waals surface area contributed by atoms with Crippen molar-refractivity contribution in [3.8, 4) is 28.0 Å². The van der Waals surface area contributed by atoms with E-state index in [0.29, 0.717) is 0 Å². The Morgan fingerprint density at radius 1 is 0.475 bits per heavy atom. The SMILES string of the molecule is C1=CC2C(=C(c3ccc(-c4ccccc4)cc3)c3c1oc1ccccc31)Oc1cccc(N(c3ccc(-c4ccccc4)cc3)c3cccc4c3sc3ccccc34)c12. The molecule has 12 rings (SSSR count). The Labute approximate surface area is 346 Å². The Hall–Kier alpha value is -7.40. The number of rotatable bonds is 6. The van der Waals surface area contributed by atoms with Crippen molar-refractivity contribution in [1.29, 1.82) is 0 Å². The Balaban J connectivity index is 1.08. The van der Waals surface area contributed by atoms with Crippen molar-refractivity contribution < 1.29 is 9.15 Å². The normalized spacial score (nSPS) is 14.3. The van der Waals surface area contributed by atoms with Crippen molar-refractivity contribution in [1.82, 2.24) is 0 Å². The van der Waals surface area contributed by atoms with Gasteiger partial charge in [-0.1, -0.05) is 158 Å². The van der Waals surface area contributed by atoms with Gasteiger partial charge < -0.3 is 14.1 Å². The van der Waals surface area contributed by atoms with Gasteiger partial charge in [0.2, 0.25) is 0 Å². The van der Waals surface area contributed by atoms with Gasteiger partial charge in [0.05, 0.1) is 22.0 Å². The second-order valence-corrected chi connectivity index (χ2v) is 16.2. The molecule has 2 aliphatic rings. The van der Waals surface area contributed by atoms with Crippen LogP contribution in [0.5, 0.6) is 5.75 Å². The van der Waals surface area contributed by atoms with Crippen molar-refractivity contribution in [2.24, 2.45) is 0 Å². The summed E-state index contributed by atoms with van der Waals surface area (Å²) < 4.78 is 16.3. The quantitative estimate of drug-likeness (QED) is 0.168. The van der Waals surface area contributed by atoms with Crippen LogP contribution in [0, 0.1) is 0 Å². The molecule has 0 amide bonds. The highest BCUT2D eigenvalue weighted by Gasteiger charge is 2.38. The van der Waals surface area contributed by atoms with Crippen LogP contribution >= 0.6 is 11.3 Å². The minimum atomic E-state index is -0.181. The summed E-state index contributed by atoms with van der Waals surface area (Å²) in [5.41, 5.74) is 13.2. The number of nitrogens with zero attached hydrogens (tertiary/aromatic N) is 1. The number of benzene rings is 8. The molecular formula is C55H35NO2S. The molecule has 8 aromatic carbocycles. The lowest BCUT2D eigenvalue weighted by Gasteiger charge is -2.28. The monoisotopic (exact) mass is 773 g/mol. The molecule has 0 N–H and O–H groups in total. The molecule has 1 atom stereocenters. The van der Waals surface area contributed by atoms with Crippen LogP contribution in [0.4, 0.5) is 17.1 Å². The maximum absolute atomic E-state index is 7.19. The molecule has 0 radical (unpaired) electrons. The third-order valence-electron chi connectivity index (χ3n) is 11.8. The molecule has 4 heteroatoms. The van der Waals surface area contributed by atoms with Crippen LogP contribution in [0.15, 0.2) is 210 Å². The van der Waals surface area contributed by atoms with Gasteiger partial charge in [-0.25, -0.2) is 0 Å². The second kappa shape index (κ2) is 13.6. The summed E-state index contributed by atoms with van der Waals surface area (Å²) >= 11 is 1.85. The van der Waals surface area contributed by atoms with E-state index in [2.05, 4.69) is 199 Å². The van der Waals surface area contributed by atoms with Gasteiger partial charge in [0.1, 0.15) is 22.9 Å². The summed E-state index contributed by atoms with van der Waals surface area (Å²) in [6.07, 6.45) is 4.43. The third-order valence-corrected chi connectivity index (χ3v) is 13.0. The molecule has 2 aromatic heterocycles. The van der Waals surface area contributed by atoms with E-state index in [0.717, 1.165) is 67.6 Å². The number of thiophene rings is 1. The fraction of sp³-hybridized carbons (Fsp3) is 0.0182. The van der Waals surface area contributed by atoms with E-state index in [1.165, 1.54) is 42.4 Å². The first-order valence-electron chi connectivity index (χ1n) is 20.0. The van der Waals surface area contributed by atoms with Crippen LogP contribution in [0.1, 0.15) is 28.4 Å². The lowest BCUT2D eigenvalue weighted by molar-refractivity contribution is 0.442. The minimum Gasteiger partial charge on any atom is -0.460 e. The van der Waals surface area contributed by atoms with E-state index < -0.39 is 0 Å². The average Bonchev–Trinajstić information content (AvgIpc) is 3.96. The highest BCUT2D eigenvalue weighted by molar-refractivity contribution is 7.26. The average molecular weight is 774 g/mol. The molecule has 1 unspecified atom stereocenters. The second-order valence-electron chi connectivity index (χ2n) is 15.1. The molecule has 3 heterocycles.